The van der Waals surface area contributed by atoms with Crippen molar-refractivity contribution in [3.05, 3.63) is 59.2 Å². The molecule has 0 atom stereocenters. The Morgan fingerprint density at radius 3 is 2.59 bits per heavy atom. The average Bonchev–Trinajstić information content (AvgIpc) is 3.15. The summed E-state index contributed by atoms with van der Waals surface area (Å²) in [6, 6.07) is 13.0. The molecule has 2 aromatic carbocycles. The minimum absolute atomic E-state index is 0.0366. The predicted molar refractivity (Wildman–Crippen MR) is 106 cm³/mol. The van der Waals surface area contributed by atoms with E-state index >= 15 is 0 Å². The van der Waals surface area contributed by atoms with Crippen LogP contribution >= 0.6 is 0 Å². The smallest absolute Gasteiger partial charge is 0.262 e. The van der Waals surface area contributed by atoms with Gasteiger partial charge < -0.3 is 15.0 Å². The number of anilines is 1. The normalized spacial score (nSPS) is 12.4. The quantitative estimate of drug-likeness (QED) is 0.813. The summed E-state index contributed by atoms with van der Waals surface area (Å²) in [5.41, 5.74) is 3.85. The molecule has 1 N–H and O–H groups in total. The minimum atomic E-state index is -0.247. The Morgan fingerprint density at radius 2 is 1.81 bits per heavy atom. The van der Waals surface area contributed by atoms with Crippen LogP contribution in [0.5, 0.6) is 5.75 Å². The molecule has 0 bridgehead atoms. The van der Waals surface area contributed by atoms with Crippen LogP contribution in [0.4, 0.5) is 5.69 Å². The van der Waals surface area contributed by atoms with Crippen LogP contribution in [0.2, 0.25) is 0 Å². The molecular formula is C22H26N2O3. The molecular weight excluding hydrogens is 340 g/mol. The van der Waals surface area contributed by atoms with E-state index in [1.807, 2.05) is 26.0 Å². The van der Waals surface area contributed by atoms with Crippen LogP contribution in [-0.2, 0) is 17.6 Å². The summed E-state index contributed by atoms with van der Waals surface area (Å²) in [5.74, 6) is 0.435. The van der Waals surface area contributed by atoms with Crippen molar-refractivity contribution in [2.75, 3.05) is 25.0 Å². The SMILES string of the molecule is CCN(CC)C(=O)c1cccc(NC(=O)COc2ccc3c(c2)CCC3)c1. The highest BCUT2D eigenvalue weighted by Gasteiger charge is 2.14. The maximum absolute atomic E-state index is 12.4. The highest BCUT2D eigenvalue weighted by molar-refractivity contribution is 5.97. The van der Waals surface area contributed by atoms with Gasteiger partial charge in [-0.15, -0.1) is 0 Å². The number of fused-ring (bicyclic) bond motifs is 1. The molecule has 142 valence electrons. The summed E-state index contributed by atoms with van der Waals surface area (Å²) in [5, 5.41) is 2.80. The van der Waals surface area contributed by atoms with Crippen molar-refractivity contribution in [1.29, 1.82) is 0 Å². The summed E-state index contributed by atoms with van der Waals surface area (Å²) in [7, 11) is 0. The number of carbonyl (C=O) groups is 2. The van der Waals surface area contributed by atoms with E-state index in [0.29, 0.717) is 24.3 Å². The van der Waals surface area contributed by atoms with Crippen molar-refractivity contribution >= 4 is 17.5 Å². The van der Waals surface area contributed by atoms with Crippen LogP contribution in [-0.4, -0.2) is 36.4 Å². The number of carbonyl (C=O) groups excluding carboxylic acids is 2. The zero-order valence-electron chi connectivity index (χ0n) is 16.0. The van der Waals surface area contributed by atoms with Crippen LogP contribution in [0.3, 0.4) is 0 Å². The van der Waals surface area contributed by atoms with Crippen molar-refractivity contribution < 1.29 is 14.3 Å². The molecule has 0 aliphatic heterocycles. The Labute approximate surface area is 160 Å². The molecule has 1 aliphatic rings. The first kappa shape index (κ1) is 19.0. The van der Waals surface area contributed by atoms with Crippen LogP contribution in [0.1, 0.15) is 41.8 Å². The van der Waals surface area contributed by atoms with E-state index in [9.17, 15) is 9.59 Å². The number of nitrogens with one attached hydrogen (secondary N) is 1. The summed E-state index contributed by atoms with van der Waals surface area (Å²) in [4.78, 5) is 26.4. The van der Waals surface area contributed by atoms with E-state index in [2.05, 4.69) is 11.4 Å². The standard InChI is InChI=1S/C22H26N2O3/c1-3-24(4-2)22(26)18-9-6-10-19(13-18)23-21(25)15-27-20-12-11-16-7-5-8-17(16)14-20/h6,9-14H,3-5,7-8,15H2,1-2H3,(H,23,25). The monoisotopic (exact) mass is 366 g/mol. The number of hydrogen-bond acceptors (Lipinski definition) is 3. The first-order chi connectivity index (χ1) is 13.1. The fourth-order valence-electron chi connectivity index (χ4n) is 3.41. The number of benzene rings is 2. The second-order valence-electron chi connectivity index (χ2n) is 6.68. The highest BCUT2D eigenvalue weighted by atomic mass is 16.5. The Kier molecular flexibility index (Phi) is 6.12. The lowest BCUT2D eigenvalue weighted by atomic mass is 10.1. The van der Waals surface area contributed by atoms with Crippen molar-refractivity contribution in [2.45, 2.75) is 33.1 Å². The van der Waals surface area contributed by atoms with E-state index in [0.717, 1.165) is 18.6 Å². The van der Waals surface area contributed by atoms with E-state index in [1.54, 1.807) is 29.2 Å². The molecule has 0 saturated carbocycles. The summed E-state index contributed by atoms with van der Waals surface area (Å²) >= 11 is 0. The Hall–Kier alpha value is -2.82. The Bertz CT molecular complexity index is 828. The van der Waals surface area contributed by atoms with Gasteiger partial charge in [-0.2, -0.15) is 0 Å². The number of ether oxygens (including phenoxy) is 1. The molecule has 3 rings (SSSR count). The molecule has 5 nitrogen and oxygen atoms in total. The molecule has 0 spiro atoms. The molecule has 1 aliphatic carbocycles. The molecule has 0 unspecified atom stereocenters. The van der Waals surface area contributed by atoms with Gasteiger partial charge in [-0.05, 0) is 74.6 Å². The minimum Gasteiger partial charge on any atom is -0.484 e. The molecule has 0 fully saturated rings. The van der Waals surface area contributed by atoms with Crippen molar-refractivity contribution in [3.63, 3.8) is 0 Å². The van der Waals surface area contributed by atoms with Crippen LogP contribution in [0.15, 0.2) is 42.5 Å². The number of amides is 2. The van der Waals surface area contributed by atoms with Gasteiger partial charge in [0.05, 0.1) is 0 Å². The second kappa shape index (κ2) is 8.71. The number of nitrogens with zero attached hydrogens (tertiary/aromatic N) is 1. The number of hydrogen-bond donors (Lipinski definition) is 1. The molecule has 2 aromatic rings. The molecule has 0 saturated heterocycles. The van der Waals surface area contributed by atoms with E-state index in [4.69, 9.17) is 4.74 Å². The summed E-state index contributed by atoms with van der Waals surface area (Å²) in [6.07, 6.45) is 3.38. The number of rotatable bonds is 7. The van der Waals surface area contributed by atoms with E-state index < -0.39 is 0 Å². The molecule has 5 heteroatoms. The zero-order valence-corrected chi connectivity index (χ0v) is 16.0. The first-order valence-electron chi connectivity index (χ1n) is 9.54. The van der Waals surface area contributed by atoms with Crippen LogP contribution < -0.4 is 10.1 Å². The van der Waals surface area contributed by atoms with Gasteiger partial charge in [0.2, 0.25) is 0 Å². The lowest BCUT2D eigenvalue weighted by Crippen LogP contribution is -2.30. The van der Waals surface area contributed by atoms with Gasteiger partial charge in [-0.3, -0.25) is 9.59 Å². The van der Waals surface area contributed by atoms with Crippen molar-refractivity contribution in [1.82, 2.24) is 4.90 Å². The van der Waals surface area contributed by atoms with Crippen LogP contribution in [0.25, 0.3) is 0 Å². The van der Waals surface area contributed by atoms with Crippen molar-refractivity contribution in [2.24, 2.45) is 0 Å². The summed E-state index contributed by atoms with van der Waals surface area (Å²) in [6.45, 7) is 5.14. The lowest BCUT2D eigenvalue weighted by molar-refractivity contribution is -0.118. The lowest BCUT2D eigenvalue weighted by Gasteiger charge is -2.19. The second-order valence-corrected chi connectivity index (χ2v) is 6.68. The highest BCUT2D eigenvalue weighted by Crippen LogP contribution is 2.26. The van der Waals surface area contributed by atoms with Gasteiger partial charge in [-0.25, -0.2) is 0 Å². The fraction of sp³-hybridized carbons (Fsp3) is 0.364. The van der Waals surface area contributed by atoms with Crippen LogP contribution in [0, 0.1) is 0 Å². The van der Waals surface area contributed by atoms with E-state index in [-0.39, 0.29) is 18.4 Å². The van der Waals surface area contributed by atoms with Gasteiger partial charge in [0, 0.05) is 24.3 Å². The molecule has 0 heterocycles. The predicted octanol–water partition coefficient (Wildman–Crippen LogP) is 3.67. The topological polar surface area (TPSA) is 58.6 Å². The molecule has 2 amide bonds. The Morgan fingerprint density at radius 1 is 1.04 bits per heavy atom. The van der Waals surface area contributed by atoms with Crippen molar-refractivity contribution in [3.8, 4) is 5.75 Å². The third-order valence-corrected chi connectivity index (χ3v) is 4.88. The molecule has 0 aromatic heterocycles. The van der Waals surface area contributed by atoms with Gasteiger partial charge in [0.15, 0.2) is 6.61 Å². The first-order valence-corrected chi connectivity index (χ1v) is 9.54. The maximum Gasteiger partial charge on any atom is 0.262 e. The van der Waals surface area contributed by atoms with Gasteiger partial charge in [0.1, 0.15) is 5.75 Å². The van der Waals surface area contributed by atoms with Gasteiger partial charge >= 0.3 is 0 Å². The third kappa shape index (κ3) is 4.67. The molecule has 0 radical (unpaired) electrons. The molecule has 27 heavy (non-hydrogen) atoms. The largest absolute Gasteiger partial charge is 0.484 e. The fourth-order valence-corrected chi connectivity index (χ4v) is 3.41. The maximum atomic E-state index is 12.4. The zero-order chi connectivity index (χ0) is 19.2. The van der Waals surface area contributed by atoms with E-state index in [1.165, 1.54) is 17.5 Å². The summed E-state index contributed by atoms with van der Waals surface area (Å²) < 4.78 is 5.63. The number of aryl methyl sites for hydroxylation is 2. The van der Waals surface area contributed by atoms with Gasteiger partial charge in [0.25, 0.3) is 11.8 Å². The third-order valence-electron chi connectivity index (χ3n) is 4.88. The van der Waals surface area contributed by atoms with Gasteiger partial charge in [-0.1, -0.05) is 12.1 Å². The average molecular weight is 366 g/mol. The Balaban J connectivity index is 1.58.